The first kappa shape index (κ1) is 12.9. The van der Waals surface area contributed by atoms with Gasteiger partial charge in [0.15, 0.2) is 0 Å². The van der Waals surface area contributed by atoms with Crippen LogP contribution in [0.5, 0.6) is 0 Å². The van der Waals surface area contributed by atoms with Crippen molar-refractivity contribution in [3.63, 3.8) is 0 Å². The maximum absolute atomic E-state index is 11.3. The molecule has 1 aromatic rings. The predicted molar refractivity (Wildman–Crippen MR) is 62.9 cm³/mol. The number of carbonyl (C=O) groups excluding carboxylic acids is 2. The van der Waals surface area contributed by atoms with Crippen LogP contribution in [-0.2, 0) is 14.3 Å². The summed E-state index contributed by atoms with van der Waals surface area (Å²) in [7, 11) is 0. The molecule has 0 atom stereocenters. The van der Waals surface area contributed by atoms with Gasteiger partial charge in [0.05, 0.1) is 6.61 Å². The van der Waals surface area contributed by atoms with Crippen molar-refractivity contribution in [2.75, 3.05) is 13.2 Å². The van der Waals surface area contributed by atoms with Crippen LogP contribution in [-0.4, -0.2) is 30.0 Å². The Hall–Kier alpha value is -2.17. The SMILES string of the molecule is CCOC(=O)CNC(=O)/C=C/c1cccnc1. The standard InChI is InChI=1S/C12H14N2O3/c1-2-17-12(16)9-14-11(15)6-5-10-4-3-7-13-8-10/h3-8H,2,9H2,1H3,(H,14,15)/b6-5+. The number of esters is 1. The number of pyridine rings is 1. The van der Waals surface area contributed by atoms with Crippen LogP contribution in [0.4, 0.5) is 0 Å². The molecule has 0 saturated heterocycles. The van der Waals surface area contributed by atoms with Gasteiger partial charge in [-0.3, -0.25) is 14.6 Å². The Morgan fingerprint density at radius 3 is 3.00 bits per heavy atom. The highest BCUT2D eigenvalue weighted by atomic mass is 16.5. The Morgan fingerprint density at radius 1 is 1.53 bits per heavy atom. The molecule has 0 unspecified atom stereocenters. The molecular formula is C12H14N2O3. The summed E-state index contributed by atoms with van der Waals surface area (Å²) in [6.45, 7) is 1.90. The summed E-state index contributed by atoms with van der Waals surface area (Å²) in [5.74, 6) is -0.794. The van der Waals surface area contributed by atoms with Gasteiger partial charge in [-0.1, -0.05) is 6.07 Å². The van der Waals surface area contributed by atoms with Gasteiger partial charge in [-0.25, -0.2) is 0 Å². The molecule has 0 saturated carbocycles. The fourth-order valence-corrected chi connectivity index (χ4v) is 1.08. The van der Waals surface area contributed by atoms with Crippen molar-refractivity contribution in [3.05, 3.63) is 36.2 Å². The fourth-order valence-electron chi connectivity index (χ4n) is 1.08. The number of aromatic nitrogens is 1. The van der Waals surface area contributed by atoms with Crippen LogP contribution in [0.15, 0.2) is 30.6 Å². The van der Waals surface area contributed by atoms with E-state index in [1.54, 1.807) is 31.5 Å². The first-order valence-corrected chi connectivity index (χ1v) is 5.24. The van der Waals surface area contributed by atoms with Gasteiger partial charge < -0.3 is 10.1 Å². The molecule has 1 amide bonds. The Balaban J connectivity index is 2.35. The third-order valence-electron chi connectivity index (χ3n) is 1.82. The van der Waals surface area contributed by atoms with E-state index in [0.717, 1.165) is 5.56 Å². The molecule has 0 aliphatic rings. The zero-order valence-electron chi connectivity index (χ0n) is 9.55. The van der Waals surface area contributed by atoms with E-state index in [2.05, 4.69) is 15.0 Å². The van der Waals surface area contributed by atoms with Gasteiger partial charge in [0.2, 0.25) is 5.91 Å². The lowest BCUT2D eigenvalue weighted by atomic mass is 10.2. The topological polar surface area (TPSA) is 68.3 Å². The van der Waals surface area contributed by atoms with Gasteiger partial charge >= 0.3 is 5.97 Å². The lowest BCUT2D eigenvalue weighted by Gasteiger charge is -2.01. The van der Waals surface area contributed by atoms with Crippen molar-refractivity contribution in [2.24, 2.45) is 0 Å². The number of nitrogens with zero attached hydrogens (tertiary/aromatic N) is 1. The third-order valence-corrected chi connectivity index (χ3v) is 1.82. The van der Waals surface area contributed by atoms with Crippen LogP contribution in [0.3, 0.4) is 0 Å². The highest BCUT2D eigenvalue weighted by molar-refractivity contribution is 5.93. The van der Waals surface area contributed by atoms with Crippen molar-refractivity contribution in [2.45, 2.75) is 6.92 Å². The summed E-state index contributed by atoms with van der Waals surface area (Å²) < 4.78 is 4.67. The fraction of sp³-hybridized carbons (Fsp3) is 0.250. The number of ether oxygens (including phenoxy) is 1. The van der Waals surface area contributed by atoms with Crippen molar-refractivity contribution in [1.82, 2.24) is 10.3 Å². The lowest BCUT2D eigenvalue weighted by molar-refractivity contribution is -0.143. The average molecular weight is 234 g/mol. The number of nitrogens with one attached hydrogen (secondary N) is 1. The van der Waals surface area contributed by atoms with Crippen LogP contribution >= 0.6 is 0 Å². The van der Waals surface area contributed by atoms with Crippen molar-refractivity contribution < 1.29 is 14.3 Å². The van der Waals surface area contributed by atoms with E-state index in [1.807, 2.05) is 6.07 Å². The summed E-state index contributed by atoms with van der Waals surface area (Å²) in [6, 6.07) is 3.60. The molecule has 90 valence electrons. The highest BCUT2D eigenvalue weighted by Crippen LogP contribution is 1.97. The monoisotopic (exact) mass is 234 g/mol. The molecule has 0 radical (unpaired) electrons. The van der Waals surface area contributed by atoms with Gasteiger partial charge in [0.1, 0.15) is 6.54 Å². The molecule has 1 N–H and O–H groups in total. The number of rotatable bonds is 5. The maximum Gasteiger partial charge on any atom is 0.325 e. The Labute approximate surface area is 99.5 Å². The molecule has 0 fully saturated rings. The van der Waals surface area contributed by atoms with Crippen molar-refractivity contribution in [1.29, 1.82) is 0 Å². The number of hydrogen-bond donors (Lipinski definition) is 1. The molecule has 1 rings (SSSR count). The van der Waals surface area contributed by atoms with Crippen molar-refractivity contribution in [3.8, 4) is 0 Å². The van der Waals surface area contributed by atoms with Crippen molar-refractivity contribution >= 4 is 18.0 Å². The van der Waals surface area contributed by atoms with Crippen LogP contribution in [0.25, 0.3) is 6.08 Å². The smallest absolute Gasteiger partial charge is 0.325 e. The highest BCUT2D eigenvalue weighted by Gasteiger charge is 2.02. The molecule has 17 heavy (non-hydrogen) atoms. The zero-order valence-corrected chi connectivity index (χ0v) is 9.55. The van der Waals surface area contributed by atoms with Crippen LogP contribution < -0.4 is 5.32 Å². The largest absolute Gasteiger partial charge is 0.465 e. The summed E-state index contributed by atoms with van der Waals surface area (Å²) in [4.78, 5) is 26.2. The number of amides is 1. The molecule has 5 nitrogen and oxygen atoms in total. The van der Waals surface area contributed by atoms with Crippen LogP contribution in [0, 0.1) is 0 Å². The number of carbonyl (C=O) groups is 2. The Bertz CT molecular complexity index is 401. The van der Waals surface area contributed by atoms with E-state index in [-0.39, 0.29) is 12.5 Å². The van der Waals surface area contributed by atoms with Gasteiger partial charge in [-0.2, -0.15) is 0 Å². The second kappa shape index (κ2) is 7.16. The third kappa shape index (κ3) is 5.46. The maximum atomic E-state index is 11.3. The van der Waals surface area contributed by atoms with Crippen LogP contribution in [0.1, 0.15) is 12.5 Å². The van der Waals surface area contributed by atoms with Gasteiger partial charge in [-0.05, 0) is 24.6 Å². The second-order valence-corrected chi connectivity index (χ2v) is 3.14. The molecule has 1 aromatic heterocycles. The summed E-state index contributed by atoms with van der Waals surface area (Å²) in [6.07, 6.45) is 6.25. The minimum Gasteiger partial charge on any atom is -0.465 e. The summed E-state index contributed by atoms with van der Waals surface area (Å²) >= 11 is 0. The quantitative estimate of drug-likeness (QED) is 0.603. The van der Waals surface area contributed by atoms with E-state index in [9.17, 15) is 9.59 Å². The van der Waals surface area contributed by atoms with Gasteiger partial charge in [-0.15, -0.1) is 0 Å². The van der Waals surface area contributed by atoms with E-state index < -0.39 is 5.97 Å². The molecule has 0 spiro atoms. The number of hydrogen-bond acceptors (Lipinski definition) is 4. The molecular weight excluding hydrogens is 220 g/mol. The van der Waals surface area contributed by atoms with Gasteiger partial charge in [0, 0.05) is 18.5 Å². The van der Waals surface area contributed by atoms with E-state index in [0.29, 0.717) is 6.61 Å². The van der Waals surface area contributed by atoms with E-state index >= 15 is 0 Å². The van der Waals surface area contributed by atoms with Crippen LogP contribution in [0.2, 0.25) is 0 Å². The average Bonchev–Trinajstić information content (AvgIpc) is 2.35. The predicted octanol–water partition coefficient (Wildman–Crippen LogP) is 0.774. The first-order chi connectivity index (χ1) is 8.22. The minimum atomic E-state index is -0.448. The molecule has 0 aromatic carbocycles. The minimum absolute atomic E-state index is 0.121. The van der Waals surface area contributed by atoms with Gasteiger partial charge in [0.25, 0.3) is 0 Å². The summed E-state index contributed by atoms with van der Waals surface area (Å²) in [5.41, 5.74) is 0.818. The lowest BCUT2D eigenvalue weighted by Crippen LogP contribution is -2.29. The molecule has 0 bridgehead atoms. The zero-order chi connectivity index (χ0) is 12.5. The van der Waals surface area contributed by atoms with E-state index in [1.165, 1.54) is 6.08 Å². The Morgan fingerprint density at radius 2 is 2.35 bits per heavy atom. The summed E-state index contributed by atoms with van der Waals surface area (Å²) in [5, 5.41) is 2.42. The second-order valence-electron chi connectivity index (χ2n) is 3.14. The van der Waals surface area contributed by atoms with E-state index in [4.69, 9.17) is 0 Å². The molecule has 5 heteroatoms. The molecule has 0 aliphatic heterocycles. The first-order valence-electron chi connectivity index (χ1n) is 5.24. The molecule has 0 aliphatic carbocycles. The molecule has 1 heterocycles. The Kier molecular flexibility index (Phi) is 5.43. The normalized spacial score (nSPS) is 10.2.